The molecule has 2 fully saturated rings. The van der Waals surface area contributed by atoms with Crippen molar-refractivity contribution in [3.05, 3.63) is 0 Å². The Bertz CT molecular complexity index is 1300. The predicted molar refractivity (Wildman–Crippen MR) is 278 cm³/mol. The first-order valence-electron chi connectivity index (χ1n) is 27.9. The predicted octanol–water partition coefficient (Wildman–Crippen LogP) is 7.32. The Kier molecular flexibility index (Phi) is 33.1. The Balaban J connectivity index is 0. The Labute approximate surface area is 428 Å². The van der Waals surface area contributed by atoms with E-state index in [9.17, 15) is 50.4 Å². The number of carboxylic acids is 2. The topological polar surface area (TPSA) is 257 Å². The maximum Gasteiger partial charge on any atom is 0.364 e. The van der Waals surface area contributed by atoms with E-state index in [-0.39, 0.29) is 26.1 Å². The number of aliphatic hydroxyl groups excluding tert-OH is 6. The first kappa shape index (κ1) is 66.5. The summed E-state index contributed by atoms with van der Waals surface area (Å²) in [4.78, 5) is 23.6. The van der Waals surface area contributed by atoms with Crippen LogP contribution in [0.2, 0.25) is 0 Å². The fourth-order valence-corrected chi connectivity index (χ4v) is 10.4. The van der Waals surface area contributed by atoms with Crippen LogP contribution in [0.3, 0.4) is 0 Å². The highest BCUT2D eigenvalue weighted by molar-refractivity contribution is 5.76. The van der Waals surface area contributed by atoms with Gasteiger partial charge in [0.05, 0.1) is 49.7 Å². The molecule has 0 aromatic heterocycles. The molecule has 2 aliphatic heterocycles. The third kappa shape index (κ3) is 23.3. The summed E-state index contributed by atoms with van der Waals surface area (Å²) in [7, 11) is 3.06. The van der Waals surface area contributed by atoms with Gasteiger partial charge in [-0.3, -0.25) is 0 Å². The first-order chi connectivity index (χ1) is 33.4. The fraction of sp³-hybridized carbons (Fsp3) is 0.963. The van der Waals surface area contributed by atoms with Crippen LogP contribution in [0.15, 0.2) is 0 Å². The van der Waals surface area contributed by atoms with Crippen molar-refractivity contribution in [2.75, 3.05) is 27.3 Å². The summed E-state index contributed by atoms with van der Waals surface area (Å²) in [5.74, 6) is 0.811. The average Bonchev–Trinajstić information content (AvgIpc) is 3.30. The van der Waals surface area contributed by atoms with E-state index in [0.29, 0.717) is 24.7 Å². The fourth-order valence-electron chi connectivity index (χ4n) is 10.4. The first-order valence-corrected chi connectivity index (χ1v) is 26.5. The molecule has 10 N–H and O–H groups in total. The lowest BCUT2D eigenvalue weighted by Gasteiger charge is -2.46. The highest BCUT2D eigenvalue weighted by Crippen LogP contribution is 2.36. The molecule has 16 heteroatoms. The zero-order valence-corrected chi connectivity index (χ0v) is 47.1. The maximum absolute atomic E-state index is 11.8. The zero-order chi connectivity index (χ0) is 56.4. The molecule has 0 radical (unpaired) electrons. The third-order valence-electron chi connectivity index (χ3n) is 14.1. The molecule has 0 spiro atoms. The highest BCUT2D eigenvalue weighted by Gasteiger charge is 2.56. The average molecular weight is 1010 g/mol. The van der Waals surface area contributed by atoms with Gasteiger partial charge in [-0.2, -0.15) is 0 Å². The molecule has 0 aromatic carbocycles. The molecule has 2 rings (SSSR count). The summed E-state index contributed by atoms with van der Waals surface area (Å²) in [6, 6.07) is -1.61. The standard InChI is InChI=1S/2C16H31NO7.2C11H24/c2*1-9(2)6-5-7-23-16(15(21)22)8-11(19)12(17-4)14(24-16)13(20)10(3)18;2*1-7-10(6)11(8(2)3)9(4)5/h2*9-14,17-20H,5-8H2,1-4H3,(H,21,22);2*8-11H,7H2,1-6H3/i2*3D;;. The van der Waals surface area contributed by atoms with Gasteiger partial charge in [0.1, 0.15) is 24.4 Å². The number of hydrogen-bond acceptors (Lipinski definition) is 14. The van der Waals surface area contributed by atoms with Gasteiger partial charge < -0.3 is 70.4 Å². The van der Waals surface area contributed by atoms with Gasteiger partial charge in [0.2, 0.25) is 0 Å². The summed E-state index contributed by atoms with van der Waals surface area (Å²) in [5.41, 5.74) is 0. The summed E-state index contributed by atoms with van der Waals surface area (Å²) in [6.45, 7) is 35.6. The molecule has 70 heavy (non-hydrogen) atoms. The van der Waals surface area contributed by atoms with Crippen LogP contribution in [-0.4, -0.2) is 153 Å². The normalized spacial score (nSPS) is 28.0. The summed E-state index contributed by atoms with van der Waals surface area (Å²) in [6.07, 6.45) is -5.78. The van der Waals surface area contributed by atoms with Gasteiger partial charge in [-0.05, 0) is 113 Å². The minimum atomic E-state index is -2.10. The van der Waals surface area contributed by atoms with Crippen molar-refractivity contribution in [3.63, 3.8) is 0 Å². The monoisotopic (exact) mass is 1010 g/mol. The lowest BCUT2D eigenvalue weighted by molar-refractivity contribution is -0.310. The second-order valence-electron chi connectivity index (χ2n) is 22.2. The van der Waals surface area contributed by atoms with Gasteiger partial charge in [0.15, 0.2) is 0 Å². The van der Waals surface area contributed by atoms with E-state index in [2.05, 4.69) is 93.7 Å². The van der Waals surface area contributed by atoms with Crippen molar-refractivity contribution in [2.45, 2.75) is 248 Å². The van der Waals surface area contributed by atoms with Gasteiger partial charge in [-0.15, -0.1) is 0 Å². The number of likely N-dealkylation sites (N-methyl/N-ethyl adjacent to an activating group) is 2. The van der Waals surface area contributed by atoms with Crippen molar-refractivity contribution in [1.82, 2.24) is 10.6 Å². The molecule has 2 heterocycles. The lowest BCUT2D eigenvalue weighted by Crippen LogP contribution is -2.66. The number of hydrogen-bond donors (Lipinski definition) is 10. The molecular formula is C54H110N2O14. The van der Waals surface area contributed by atoms with Crippen LogP contribution in [0.5, 0.6) is 0 Å². The second-order valence-corrected chi connectivity index (χ2v) is 22.2. The van der Waals surface area contributed by atoms with Gasteiger partial charge in [0.25, 0.3) is 11.6 Å². The molecule has 0 bridgehead atoms. The zero-order valence-electron chi connectivity index (χ0n) is 49.1. The molecular weight excluding hydrogens is 901 g/mol. The second kappa shape index (κ2) is 34.9. The van der Waals surface area contributed by atoms with E-state index in [4.69, 9.17) is 21.7 Å². The Morgan fingerprint density at radius 3 is 1.06 bits per heavy atom. The van der Waals surface area contributed by atoms with Gasteiger partial charge in [0, 0.05) is 15.6 Å². The quantitative estimate of drug-likeness (QED) is 0.0381. The maximum atomic E-state index is 11.8. The minimum absolute atomic E-state index is 0.130. The van der Waals surface area contributed by atoms with Gasteiger partial charge in [-0.1, -0.05) is 124 Å². The molecule has 2 aliphatic rings. The van der Waals surface area contributed by atoms with Crippen LogP contribution >= 0.6 is 0 Å². The third-order valence-corrected chi connectivity index (χ3v) is 14.1. The van der Waals surface area contributed by atoms with Crippen LogP contribution in [0.25, 0.3) is 0 Å². The van der Waals surface area contributed by atoms with E-state index in [0.717, 1.165) is 60.2 Å². The molecule has 0 amide bonds. The summed E-state index contributed by atoms with van der Waals surface area (Å²) < 4.78 is 36.5. The molecule has 16 nitrogen and oxygen atoms in total. The molecule has 14 atom stereocenters. The van der Waals surface area contributed by atoms with Crippen LogP contribution in [0, 0.1) is 59.2 Å². The Morgan fingerprint density at radius 1 is 0.586 bits per heavy atom. The van der Waals surface area contributed by atoms with Crippen molar-refractivity contribution in [1.29, 1.82) is 0 Å². The smallest absolute Gasteiger partial charge is 0.364 e. The number of carbonyl (C=O) groups is 2. The molecule has 0 aromatic rings. The van der Waals surface area contributed by atoms with Crippen molar-refractivity contribution in [2.24, 2.45) is 59.2 Å². The SMILES string of the molecule is CCC(C)C(C(C)C)C(C)C.CCC(C)C(C(C)C)C(C)C.[2H]CC(O)C(O)C1OC(OCCCC(C)C)(C(=O)O)CC(O)C1NC.[2H]CC(O)C(O)C1OC(OCCCC(C)C)(C(=O)O)CC(O)C1NC. The van der Waals surface area contributed by atoms with Gasteiger partial charge in [-0.25, -0.2) is 9.59 Å². The molecule has 14 unspecified atom stereocenters. The minimum Gasteiger partial charge on any atom is -0.477 e. The number of carboxylic acid groups (broad SMARTS) is 2. The van der Waals surface area contributed by atoms with Crippen LogP contribution in [-0.2, 0) is 28.5 Å². The van der Waals surface area contributed by atoms with Crippen molar-refractivity contribution >= 4 is 11.9 Å². The number of ether oxygens (including phenoxy) is 4. The lowest BCUT2D eigenvalue weighted by atomic mass is 9.76. The number of aliphatic carboxylic acids is 2. The van der Waals surface area contributed by atoms with Crippen LogP contribution in [0.1, 0.15) is 179 Å². The molecule has 0 saturated carbocycles. The number of nitrogens with one attached hydrogen (secondary N) is 2. The summed E-state index contributed by atoms with van der Waals surface area (Å²) >= 11 is 0. The number of rotatable bonds is 26. The molecule has 2 saturated heterocycles. The van der Waals surface area contributed by atoms with Crippen molar-refractivity contribution in [3.8, 4) is 0 Å². The molecule has 0 aliphatic carbocycles. The van der Waals surface area contributed by atoms with E-state index < -0.39 is 98.2 Å². The largest absolute Gasteiger partial charge is 0.477 e. The van der Waals surface area contributed by atoms with E-state index in [1.165, 1.54) is 26.9 Å². The van der Waals surface area contributed by atoms with E-state index in [1.54, 1.807) is 0 Å². The summed E-state index contributed by atoms with van der Waals surface area (Å²) in [5, 5.41) is 85.4. The molecule has 420 valence electrons. The van der Waals surface area contributed by atoms with Gasteiger partial charge >= 0.3 is 11.9 Å². The Hall–Kier alpha value is -1.54. The van der Waals surface area contributed by atoms with E-state index >= 15 is 0 Å². The Morgan fingerprint density at radius 2 is 0.871 bits per heavy atom. The van der Waals surface area contributed by atoms with Crippen LogP contribution < -0.4 is 10.6 Å². The van der Waals surface area contributed by atoms with Crippen molar-refractivity contribution < 1.29 is 72.1 Å². The van der Waals surface area contributed by atoms with E-state index in [1.807, 2.05) is 27.7 Å². The van der Waals surface area contributed by atoms with Crippen LogP contribution in [0.4, 0.5) is 0 Å². The highest BCUT2D eigenvalue weighted by atomic mass is 16.7. The number of aliphatic hydroxyl groups is 6.